The fourth-order valence-electron chi connectivity index (χ4n) is 2.26. The molecule has 0 saturated heterocycles. The average Bonchev–Trinajstić information content (AvgIpc) is 3.07. The summed E-state index contributed by atoms with van der Waals surface area (Å²) in [6.07, 6.45) is 1.43. The van der Waals surface area contributed by atoms with Gasteiger partial charge in [0.05, 0.1) is 6.10 Å². The molecule has 1 amide bonds. The van der Waals surface area contributed by atoms with Gasteiger partial charge in [0, 0.05) is 12.0 Å². The molecule has 29 heavy (non-hydrogen) atoms. The number of rotatable bonds is 9. The number of aryl methyl sites for hydroxylation is 1. The first kappa shape index (κ1) is 23.2. The summed E-state index contributed by atoms with van der Waals surface area (Å²) in [5.74, 6) is 0.547. The molecule has 1 aromatic heterocycles. The molecule has 2 N–H and O–H groups in total. The summed E-state index contributed by atoms with van der Waals surface area (Å²) in [4.78, 5) is 12.0. The van der Waals surface area contributed by atoms with Crippen LogP contribution in [0.5, 0.6) is 5.75 Å². The SMILES string of the molecule is CC(C)Oc1cccc(CCCNS(=O)(=O)c2nnc(NC(=O)C(C)(C)C)s2)c1. The summed E-state index contributed by atoms with van der Waals surface area (Å²) in [6, 6.07) is 7.77. The van der Waals surface area contributed by atoms with Crippen LogP contribution in [-0.2, 0) is 21.2 Å². The molecule has 0 unspecified atom stereocenters. The maximum atomic E-state index is 12.4. The molecule has 0 fully saturated rings. The first-order valence-electron chi connectivity index (χ1n) is 9.37. The molecular formula is C19H28N4O4S2. The predicted molar refractivity (Wildman–Crippen MR) is 114 cm³/mol. The zero-order valence-electron chi connectivity index (χ0n) is 17.4. The lowest BCUT2D eigenvalue weighted by molar-refractivity contribution is -0.123. The Morgan fingerprint density at radius 2 is 1.97 bits per heavy atom. The third-order valence-electron chi connectivity index (χ3n) is 3.74. The molecule has 0 saturated carbocycles. The molecule has 0 spiro atoms. The fraction of sp³-hybridized carbons (Fsp3) is 0.526. The Labute approximate surface area is 176 Å². The van der Waals surface area contributed by atoms with E-state index >= 15 is 0 Å². The molecule has 1 aromatic carbocycles. The smallest absolute Gasteiger partial charge is 0.269 e. The Bertz CT molecular complexity index is 934. The molecule has 8 nitrogen and oxygen atoms in total. The molecule has 10 heteroatoms. The molecule has 0 aliphatic heterocycles. The monoisotopic (exact) mass is 440 g/mol. The van der Waals surface area contributed by atoms with Gasteiger partial charge in [-0.05, 0) is 44.4 Å². The number of nitrogens with one attached hydrogen (secondary N) is 2. The van der Waals surface area contributed by atoms with E-state index < -0.39 is 15.4 Å². The topological polar surface area (TPSA) is 110 Å². The summed E-state index contributed by atoms with van der Waals surface area (Å²) < 4.78 is 32.8. The number of carbonyl (C=O) groups excluding carboxylic acids is 1. The minimum atomic E-state index is -3.77. The van der Waals surface area contributed by atoms with E-state index in [2.05, 4.69) is 20.2 Å². The molecule has 160 valence electrons. The largest absolute Gasteiger partial charge is 0.491 e. The minimum absolute atomic E-state index is 0.0991. The first-order valence-corrected chi connectivity index (χ1v) is 11.7. The fourth-order valence-corrected chi connectivity index (χ4v) is 4.27. The number of benzene rings is 1. The maximum absolute atomic E-state index is 12.4. The first-order chi connectivity index (χ1) is 13.5. The van der Waals surface area contributed by atoms with E-state index in [1.54, 1.807) is 20.8 Å². The summed E-state index contributed by atoms with van der Waals surface area (Å²) in [6.45, 7) is 9.47. The van der Waals surface area contributed by atoms with E-state index in [1.807, 2.05) is 38.1 Å². The molecule has 1 heterocycles. The second kappa shape index (κ2) is 9.64. The Balaban J connectivity index is 1.87. The van der Waals surface area contributed by atoms with Crippen molar-refractivity contribution in [2.45, 2.75) is 57.9 Å². The highest BCUT2D eigenvalue weighted by molar-refractivity contribution is 7.91. The van der Waals surface area contributed by atoms with Crippen molar-refractivity contribution < 1.29 is 17.9 Å². The Hall–Kier alpha value is -2.04. The number of anilines is 1. The van der Waals surface area contributed by atoms with Gasteiger partial charge in [-0.15, -0.1) is 10.2 Å². The number of nitrogens with zero attached hydrogens (tertiary/aromatic N) is 2. The van der Waals surface area contributed by atoms with Gasteiger partial charge in [0.25, 0.3) is 10.0 Å². The van der Waals surface area contributed by atoms with E-state index in [4.69, 9.17) is 4.74 Å². The molecule has 0 radical (unpaired) electrons. The standard InChI is InChI=1S/C19H28N4O4S2/c1-13(2)27-15-10-6-8-14(12-15)9-7-11-20-29(25,26)18-23-22-17(28-18)21-16(24)19(3,4)5/h6,8,10,12-13,20H,7,9,11H2,1-5H3,(H,21,22,24). The van der Waals surface area contributed by atoms with Crippen LogP contribution in [0.15, 0.2) is 28.6 Å². The van der Waals surface area contributed by atoms with Crippen LogP contribution in [0.25, 0.3) is 0 Å². The van der Waals surface area contributed by atoms with Crippen LogP contribution in [0.2, 0.25) is 0 Å². The van der Waals surface area contributed by atoms with Crippen LogP contribution in [0.4, 0.5) is 5.13 Å². The number of ether oxygens (including phenoxy) is 1. The number of sulfonamides is 1. The van der Waals surface area contributed by atoms with Crippen LogP contribution in [-0.4, -0.2) is 37.2 Å². The normalized spacial score (nSPS) is 12.2. The van der Waals surface area contributed by atoms with Gasteiger partial charge >= 0.3 is 0 Å². The lowest BCUT2D eigenvalue weighted by Gasteiger charge is -2.15. The van der Waals surface area contributed by atoms with Crippen molar-refractivity contribution in [1.82, 2.24) is 14.9 Å². The van der Waals surface area contributed by atoms with Gasteiger partial charge in [-0.1, -0.05) is 44.2 Å². The zero-order valence-corrected chi connectivity index (χ0v) is 19.0. The van der Waals surface area contributed by atoms with Gasteiger partial charge in [0.15, 0.2) is 0 Å². The van der Waals surface area contributed by atoms with Crippen LogP contribution in [0.1, 0.15) is 46.6 Å². The lowest BCUT2D eigenvalue weighted by Crippen LogP contribution is -2.27. The quantitative estimate of drug-likeness (QED) is 0.458. The summed E-state index contributed by atoms with van der Waals surface area (Å²) in [7, 11) is -3.77. The van der Waals surface area contributed by atoms with E-state index in [0.717, 1.165) is 22.6 Å². The highest BCUT2D eigenvalue weighted by Crippen LogP contribution is 2.23. The van der Waals surface area contributed by atoms with Crippen LogP contribution in [0.3, 0.4) is 0 Å². The minimum Gasteiger partial charge on any atom is -0.491 e. The Morgan fingerprint density at radius 3 is 2.62 bits per heavy atom. The second-order valence-corrected chi connectivity index (χ2v) is 10.8. The van der Waals surface area contributed by atoms with Crippen molar-refractivity contribution in [3.8, 4) is 5.75 Å². The van der Waals surface area contributed by atoms with Crippen molar-refractivity contribution in [1.29, 1.82) is 0 Å². The summed E-state index contributed by atoms with van der Waals surface area (Å²) in [5.41, 5.74) is 0.464. The molecule has 0 atom stereocenters. The van der Waals surface area contributed by atoms with E-state index in [0.29, 0.717) is 12.8 Å². The number of aromatic nitrogens is 2. The molecule has 2 rings (SSSR count). The van der Waals surface area contributed by atoms with Gasteiger partial charge in [-0.3, -0.25) is 4.79 Å². The number of hydrogen-bond acceptors (Lipinski definition) is 7. The number of amides is 1. The molecule has 0 bridgehead atoms. The van der Waals surface area contributed by atoms with Gasteiger partial charge < -0.3 is 10.1 Å². The van der Waals surface area contributed by atoms with Crippen molar-refractivity contribution in [2.24, 2.45) is 5.41 Å². The molecule has 0 aliphatic rings. The van der Waals surface area contributed by atoms with Crippen molar-refractivity contribution in [2.75, 3.05) is 11.9 Å². The average molecular weight is 441 g/mol. The van der Waals surface area contributed by atoms with Crippen LogP contribution >= 0.6 is 11.3 Å². The highest BCUT2D eigenvalue weighted by atomic mass is 32.2. The van der Waals surface area contributed by atoms with Crippen molar-refractivity contribution in [3.05, 3.63) is 29.8 Å². The Morgan fingerprint density at radius 1 is 1.24 bits per heavy atom. The van der Waals surface area contributed by atoms with Crippen molar-refractivity contribution >= 4 is 32.4 Å². The van der Waals surface area contributed by atoms with Gasteiger partial charge in [-0.2, -0.15) is 0 Å². The molecular weight excluding hydrogens is 412 g/mol. The third kappa shape index (κ3) is 7.37. The second-order valence-electron chi connectivity index (χ2n) is 7.89. The van der Waals surface area contributed by atoms with E-state index in [-0.39, 0.29) is 28.0 Å². The third-order valence-corrected chi connectivity index (χ3v) is 6.41. The van der Waals surface area contributed by atoms with E-state index in [9.17, 15) is 13.2 Å². The Kier molecular flexibility index (Phi) is 7.73. The summed E-state index contributed by atoms with van der Waals surface area (Å²) in [5, 5.41) is 10.2. The van der Waals surface area contributed by atoms with Crippen molar-refractivity contribution in [3.63, 3.8) is 0 Å². The lowest BCUT2D eigenvalue weighted by atomic mass is 9.96. The zero-order chi connectivity index (χ0) is 21.7. The van der Waals surface area contributed by atoms with Crippen LogP contribution in [0, 0.1) is 5.41 Å². The highest BCUT2D eigenvalue weighted by Gasteiger charge is 2.25. The number of carbonyl (C=O) groups is 1. The van der Waals surface area contributed by atoms with Gasteiger partial charge in [0.1, 0.15) is 5.75 Å². The predicted octanol–water partition coefficient (Wildman–Crippen LogP) is 3.22. The summed E-state index contributed by atoms with van der Waals surface area (Å²) >= 11 is 0.825. The van der Waals surface area contributed by atoms with Crippen LogP contribution < -0.4 is 14.8 Å². The van der Waals surface area contributed by atoms with E-state index in [1.165, 1.54) is 0 Å². The van der Waals surface area contributed by atoms with Gasteiger partial charge in [0.2, 0.25) is 15.4 Å². The molecule has 0 aliphatic carbocycles. The van der Waals surface area contributed by atoms with Gasteiger partial charge in [-0.25, -0.2) is 13.1 Å². The number of hydrogen-bond donors (Lipinski definition) is 2. The maximum Gasteiger partial charge on any atom is 0.269 e. The molecule has 2 aromatic rings.